The van der Waals surface area contributed by atoms with E-state index in [1.54, 1.807) is 23.1 Å². The molecule has 2 aromatic carbocycles. The van der Waals surface area contributed by atoms with Gasteiger partial charge in [0.25, 0.3) is 5.91 Å². The first kappa shape index (κ1) is 20.5. The Morgan fingerprint density at radius 3 is 2.41 bits per heavy atom. The summed E-state index contributed by atoms with van der Waals surface area (Å²) in [6, 6.07) is 17.7. The predicted molar refractivity (Wildman–Crippen MR) is 119 cm³/mol. The molecule has 164 valence electrons. The number of furan rings is 1. The average Bonchev–Trinajstić information content (AvgIpc) is 3.49. The summed E-state index contributed by atoms with van der Waals surface area (Å²) in [6.07, 6.45) is 1.96. The van der Waals surface area contributed by atoms with Crippen LogP contribution >= 0.6 is 0 Å². The van der Waals surface area contributed by atoms with Crippen molar-refractivity contribution in [1.82, 2.24) is 9.80 Å². The Kier molecular flexibility index (Phi) is 5.49. The van der Waals surface area contributed by atoms with Crippen LogP contribution in [0.15, 0.2) is 71.3 Å². The van der Waals surface area contributed by atoms with Crippen LogP contribution in [0.4, 0.5) is 10.1 Å². The molecule has 0 saturated carbocycles. The van der Waals surface area contributed by atoms with Gasteiger partial charge in [-0.2, -0.15) is 0 Å². The molecule has 32 heavy (non-hydrogen) atoms. The van der Waals surface area contributed by atoms with Crippen LogP contribution in [0.1, 0.15) is 17.0 Å². The standard InChI is InChI=1S/C25H24FN3O3/c26-20-6-1-4-18(14-20)19-5-2-7-21(15-19)29-17-22(16-24(29)30)27-9-11-28(12-10-27)25(31)23-8-3-13-32-23/h1-8,13-15,22H,9-12,16-17H2. The molecule has 2 aliphatic heterocycles. The molecule has 0 N–H and O–H groups in total. The molecular formula is C25H24FN3O3. The van der Waals surface area contributed by atoms with Gasteiger partial charge in [0.2, 0.25) is 5.91 Å². The van der Waals surface area contributed by atoms with Gasteiger partial charge in [0.1, 0.15) is 5.82 Å². The van der Waals surface area contributed by atoms with Crippen LogP contribution in [0.2, 0.25) is 0 Å². The van der Waals surface area contributed by atoms with Gasteiger partial charge in [0.05, 0.1) is 6.26 Å². The summed E-state index contributed by atoms with van der Waals surface area (Å²) in [5, 5.41) is 0. The number of carbonyl (C=O) groups excluding carboxylic acids is 2. The molecule has 0 bridgehead atoms. The van der Waals surface area contributed by atoms with Gasteiger partial charge >= 0.3 is 0 Å². The van der Waals surface area contributed by atoms with Crippen molar-refractivity contribution < 1.29 is 18.4 Å². The topological polar surface area (TPSA) is 57.0 Å². The maximum atomic E-state index is 13.6. The molecule has 1 atom stereocenters. The highest BCUT2D eigenvalue weighted by atomic mass is 19.1. The van der Waals surface area contributed by atoms with E-state index in [4.69, 9.17) is 4.42 Å². The summed E-state index contributed by atoms with van der Waals surface area (Å²) in [4.78, 5) is 31.2. The summed E-state index contributed by atoms with van der Waals surface area (Å²) in [5.41, 5.74) is 2.49. The number of carbonyl (C=O) groups is 2. The fraction of sp³-hybridized carbons (Fsp3) is 0.280. The second-order valence-corrected chi connectivity index (χ2v) is 8.23. The zero-order valence-electron chi connectivity index (χ0n) is 17.6. The van der Waals surface area contributed by atoms with E-state index in [1.807, 2.05) is 35.2 Å². The fourth-order valence-electron chi connectivity index (χ4n) is 4.55. The first-order valence-corrected chi connectivity index (χ1v) is 10.8. The molecule has 2 saturated heterocycles. The molecule has 3 heterocycles. The Labute approximate surface area is 185 Å². The van der Waals surface area contributed by atoms with Gasteiger partial charge in [0, 0.05) is 50.9 Å². The van der Waals surface area contributed by atoms with Crippen LogP contribution in [0.3, 0.4) is 0 Å². The molecule has 1 unspecified atom stereocenters. The Morgan fingerprint density at radius 1 is 0.938 bits per heavy atom. The lowest BCUT2D eigenvalue weighted by atomic mass is 10.0. The van der Waals surface area contributed by atoms with E-state index in [0.717, 1.165) is 29.9 Å². The first-order valence-electron chi connectivity index (χ1n) is 10.8. The highest BCUT2D eigenvalue weighted by Crippen LogP contribution is 2.29. The molecule has 2 fully saturated rings. The highest BCUT2D eigenvalue weighted by molar-refractivity contribution is 5.97. The van der Waals surface area contributed by atoms with Crippen LogP contribution < -0.4 is 4.90 Å². The summed E-state index contributed by atoms with van der Waals surface area (Å²) in [6.45, 7) is 3.28. The second kappa shape index (κ2) is 8.59. The van der Waals surface area contributed by atoms with E-state index < -0.39 is 0 Å². The number of halogens is 1. The second-order valence-electron chi connectivity index (χ2n) is 8.23. The summed E-state index contributed by atoms with van der Waals surface area (Å²) >= 11 is 0. The maximum Gasteiger partial charge on any atom is 0.289 e. The molecule has 5 rings (SSSR count). The number of amides is 2. The van der Waals surface area contributed by atoms with Gasteiger partial charge in [-0.05, 0) is 47.5 Å². The molecule has 0 spiro atoms. The lowest BCUT2D eigenvalue weighted by Gasteiger charge is -2.37. The van der Waals surface area contributed by atoms with Gasteiger partial charge in [-0.1, -0.05) is 24.3 Å². The van der Waals surface area contributed by atoms with Gasteiger partial charge in [0.15, 0.2) is 5.76 Å². The summed E-state index contributed by atoms with van der Waals surface area (Å²) in [5.74, 6) is 0.0714. The SMILES string of the molecule is O=C(c1ccco1)N1CCN(C2CC(=O)N(c3cccc(-c4cccc(F)c4)c3)C2)CC1. The van der Waals surface area contributed by atoms with Crippen molar-refractivity contribution in [3.63, 3.8) is 0 Å². The van der Waals surface area contributed by atoms with Crippen molar-refractivity contribution in [3.8, 4) is 11.1 Å². The van der Waals surface area contributed by atoms with Crippen molar-refractivity contribution in [1.29, 1.82) is 0 Å². The molecule has 3 aromatic rings. The van der Waals surface area contributed by atoms with Gasteiger partial charge < -0.3 is 14.2 Å². The monoisotopic (exact) mass is 433 g/mol. The number of benzene rings is 2. The molecule has 6 nitrogen and oxygen atoms in total. The van der Waals surface area contributed by atoms with E-state index >= 15 is 0 Å². The largest absolute Gasteiger partial charge is 0.459 e. The van der Waals surface area contributed by atoms with E-state index in [9.17, 15) is 14.0 Å². The molecule has 2 amide bonds. The van der Waals surface area contributed by atoms with Gasteiger partial charge in [-0.25, -0.2) is 4.39 Å². The molecule has 7 heteroatoms. The van der Waals surface area contributed by atoms with Crippen molar-refractivity contribution in [2.75, 3.05) is 37.6 Å². The van der Waals surface area contributed by atoms with E-state index in [-0.39, 0.29) is 23.7 Å². The van der Waals surface area contributed by atoms with E-state index in [0.29, 0.717) is 31.8 Å². The lowest BCUT2D eigenvalue weighted by Crippen LogP contribution is -2.52. The van der Waals surface area contributed by atoms with Crippen LogP contribution in [-0.2, 0) is 4.79 Å². The van der Waals surface area contributed by atoms with Crippen molar-refractivity contribution >= 4 is 17.5 Å². The van der Waals surface area contributed by atoms with Crippen molar-refractivity contribution in [3.05, 3.63) is 78.5 Å². The number of nitrogens with zero attached hydrogens (tertiary/aromatic N) is 3. The third-order valence-electron chi connectivity index (χ3n) is 6.27. The number of hydrogen-bond acceptors (Lipinski definition) is 4. The number of anilines is 1. The summed E-state index contributed by atoms with van der Waals surface area (Å²) < 4.78 is 18.9. The quantitative estimate of drug-likeness (QED) is 0.630. The van der Waals surface area contributed by atoms with Gasteiger partial charge in [-0.3, -0.25) is 14.5 Å². The van der Waals surface area contributed by atoms with Crippen LogP contribution in [0.5, 0.6) is 0 Å². The Balaban J connectivity index is 1.24. The lowest BCUT2D eigenvalue weighted by molar-refractivity contribution is -0.117. The van der Waals surface area contributed by atoms with E-state index in [2.05, 4.69) is 4.90 Å². The van der Waals surface area contributed by atoms with Crippen molar-refractivity contribution in [2.45, 2.75) is 12.5 Å². The number of piperazine rings is 1. The number of rotatable bonds is 4. The number of hydrogen-bond donors (Lipinski definition) is 0. The van der Waals surface area contributed by atoms with Crippen LogP contribution in [-0.4, -0.2) is 60.4 Å². The molecule has 2 aliphatic rings. The third-order valence-corrected chi connectivity index (χ3v) is 6.27. The van der Waals surface area contributed by atoms with Gasteiger partial charge in [-0.15, -0.1) is 0 Å². The first-order chi connectivity index (χ1) is 15.6. The maximum absolute atomic E-state index is 13.6. The minimum atomic E-state index is -0.283. The Hall–Kier alpha value is -3.45. The molecule has 0 radical (unpaired) electrons. The fourth-order valence-corrected chi connectivity index (χ4v) is 4.55. The Bertz CT molecular complexity index is 1120. The van der Waals surface area contributed by atoms with E-state index in [1.165, 1.54) is 18.4 Å². The minimum absolute atomic E-state index is 0.0838. The molecule has 0 aliphatic carbocycles. The average molecular weight is 433 g/mol. The summed E-state index contributed by atoms with van der Waals surface area (Å²) in [7, 11) is 0. The third kappa shape index (κ3) is 4.03. The van der Waals surface area contributed by atoms with Crippen LogP contribution in [0.25, 0.3) is 11.1 Å². The molecule has 1 aromatic heterocycles. The minimum Gasteiger partial charge on any atom is -0.459 e. The van der Waals surface area contributed by atoms with Crippen molar-refractivity contribution in [2.24, 2.45) is 0 Å². The predicted octanol–water partition coefficient (Wildman–Crippen LogP) is 3.65. The zero-order chi connectivity index (χ0) is 22.1. The van der Waals surface area contributed by atoms with Crippen LogP contribution in [0, 0.1) is 5.82 Å². The normalized spacial score (nSPS) is 19.5. The molecular weight excluding hydrogens is 409 g/mol. The zero-order valence-corrected chi connectivity index (χ0v) is 17.6. The Morgan fingerprint density at radius 2 is 1.69 bits per heavy atom. The smallest absolute Gasteiger partial charge is 0.289 e. The highest BCUT2D eigenvalue weighted by Gasteiger charge is 2.36.